The quantitative estimate of drug-likeness (QED) is 0.138. The third kappa shape index (κ3) is 4.78. The second kappa shape index (κ2) is 12.8. The van der Waals surface area contributed by atoms with E-state index in [1.54, 1.807) is 7.11 Å². The highest BCUT2D eigenvalue weighted by molar-refractivity contribution is 5.79. The molecular formula is C46H68O10. The highest BCUT2D eigenvalue weighted by Crippen LogP contribution is 2.84. The van der Waals surface area contributed by atoms with Gasteiger partial charge in [0.2, 0.25) is 0 Å². The van der Waals surface area contributed by atoms with Crippen LogP contribution in [0.2, 0.25) is 0 Å². The monoisotopic (exact) mass is 780 g/mol. The number of methoxy groups -OCH3 is 1. The Kier molecular flexibility index (Phi) is 9.09. The Morgan fingerprint density at radius 3 is 2.30 bits per heavy atom. The van der Waals surface area contributed by atoms with Crippen molar-refractivity contribution >= 4 is 11.9 Å². The molecular weight excluding hydrogens is 712 g/mol. The number of aliphatic carboxylic acids is 2. The summed E-state index contributed by atoms with van der Waals surface area (Å²) in [6, 6.07) is 0. The molecule has 1 spiro atoms. The topological polar surface area (TPSA) is 163 Å². The molecule has 1 saturated heterocycles. The van der Waals surface area contributed by atoms with E-state index in [4.69, 9.17) is 14.2 Å². The Bertz CT molecular complexity index is 1680. The van der Waals surface area contributed by atoms with E-state index in [1.807, 2.05) is 0 Å². The predicted molar refractivity (Wildman–Crippen MR) is 207 cm³/mol. The molecule has 6 saturated carbocycles. The van der Waals surface area contributed by atoms with Crippen LogP contribution in [0.3, 0.4) is 0 Å². The van der Waals surface area contributed by atoms with Crippen molar-refractivity contribution in [2.45, 2.75) is 161 Å². The van der Waals surface area contributed by atoms with Crippen LogP contribution >= 0.6 is 0 Å². The molecule has 0 aromatic rings. The first kappa shape index (κ1) is 39.6. The molecule has 56 heavy (non-hydrogen) atoms. The average molecular weight is 781 g/mol. The second-order valence-electron chi connectivity index (χ2n) is 21.9. The van der Waals surface area contributed by atoms with E-state index in [9.17, 15) is 35.1 Å². The number of aliphatic hydroxyl groups is 3. The Hall–Kier alpha value is -1.82. The lowest BCUT2D eigenvalue weighted by atomic mass is 9.25. The fourth-order valence-corrected chi connectivity index (χ4v) is 17.7. The second-order valence-corrected chi connectivity index (χ2v) is 21.9. The number of carboxylic acids is 2. The largest absolute Gasteiger partial charge is 0.481 e. The fraction of sp³-hybridized carbons (Fsp3) is 0.870. The number of hydrogen-bond donors (Lipinski definition) is 5. The average Bonchev–Trinajstić information content (AvgIpc) is 3.67. The van der Waals surface area contributed by atoms with Gasteiger partial charge in [-0.05, 0) is 128 Å². The lowest BCUT2D eigenvalue weighted by Crippen LogP contribution is -2.74. The molecule has 1 aliphatic heterocycles. The van der Waals surface area contributed by atoms with Crippen molar-refractivity contribution < 1.29 is 49.3 Å². The first-order chi connectivity index (χ1) is 26.4. The summed E-state index contributed by atoms with van der Waals surface area (Å²) in [5.41, 5.74) is -0.447. The molecule has 5 N–H and O–H groups in total. The first-order valence-corrected chi connectivity index (χ1v) is 22.1. The van der Waals surface area contributed by atoms with Gasteiger partial charge in [0, 0.05) is 23.9 Å². The number of allylic oxidation sites excluding steroid dienone is 4. The number of carboxylic acid groups (broad SMARTS) is 2. The lowest BCUT2D eigenvalue weighted by Gasteiger charge is -2.78. The van der Waals surface area contributed by atoms with Crippen molar-refractivity contribution in [3.63, 3.8) is 0 Å². The van der Waals surface area contributed by atoms with Crippen LogP contribution < -0.4 is 0 Å². The van der Waals surface area contributed by atoms with Crippen LogP contribution in [0.15, 0.2) is 23.8 Å². The van der Waals surface area contributed by atoms with Gasteiger partial charge >= 0.3 is 11.9 Å². The van der Waals surface area contributed by atoms with Gasteiger partial charge in [0.25, 0.3) is 0 Å². The third-order valence-electron chi connectivity index (χ3n) is 19.6. The highest BCUT2D eigenvalue weighted by Gasteiger charge is 2.79. The Labute approximate surface area is 332 Å². The van der Waals surface area contributed by atoms with Crippen LogP contribution in [0.25, 0.3) is 0 Å². The lowest BCUT2D eigenvalue weighted by molar-refractivity contribution is -0.334. The molecule has 0 aromatic carbocycles. The number of aliphatic hydroxyl groups excluding tert-OH is 3. The van der Waals surface area contributed by atoms with Crippen LogP contribution in [0.1, 0.15) is 125 Å². The van der Waals surface area contributed by atoms with Gasteiger partial charge in [-0.1, -0.05) is 71.3 Å². The minimum Gasteiger partial charge on any atom is -0.481 e. The van der Waals surface area contributed by atoms with Gasteiger partial charge in [-0.25, -0.2) is 4.79 Å². The van der Waals surface area contributed by atoms with Crippen LogP contribution in [0.4, 0.5) is 0 Å². The van der Waals surface area contributed by atoms with Crippen molar-refractivity contribution in [2.75, 3.05) is 13.7 Å². The zero-order chi connectivity index (χ0) is 40.0. The molecule has 17 atom stereocenters. The maximum Gasteiger partial charge on any atom is 0.335 e. The van der Waals surface area contributed by atoms with Gasteiger partial charge in [0.15, 0.2) is 12.4 Å². The number of hydrogen-bond acceptors (Lipinski definition) is 8. The fourth-order valence-electron chi connectivity index (χ4n) is 17.7. The zero-order valence-electron chi connectivity index (χ0n) is 34.5. The van der Waals surface area contributed by atoms with E-state index >= 15 is 0 Å². The standard InChI is InChI=1S/C46H68O10/c1-40(2)29-14-17-42(4)36-25(12-13-27(43(29,36)5)21-31(40)55-38-34(49)32(47)33(48)35(56-38)37(50)51)20-30-44-16-9-15-41(3,24-44)22-28(23-54-6)46(44,39(52)53)19-18-45(30,42)26-10-7-8-11-26/h9,16,20,25-29,31-36,38,47-49H,7-8,10-15,17-19,21-24H2,1-6H3,(H,50,51)(H,52,53). The van der Waals surface area contributed by atoms with Gasteiger partial charge in [0.05, 0.1) is 18.1 Å². The molecule has 17 unspecified atom stereocenters. The van der Waals surface area contributed by atoms with Crippen LogP contribution in [0.5, 0.6) is 0 Å². The van der Waals surface area contributed by atoms with Crippen molar-refractivity contribution in [1.29, 1.82) is 0 Å². The molecule has 0 radical (unpaired) electrons. The summed E-state index contributed by atoms with van der Waals surface area (Å²) in [7, 11) is 1.74. The Balaban J connectivity index is 1.16. The van der Waals surface area contributed by atoms with Gasteiger partial charge in [-0.2, -0.15) is 0 Å². The first-order valence-electron chi connectivity index (χ1n) is 22.1. The van der Waals surface area contributed by atoms with Crippen molar-refractivity contribution in [3.05, 3.63) is 23.8 Å². The van der Waals surface area contributed by atoms with E-state index in [2.05, 4.69) is 52.8 Å². The maximum atomic E-state index is 14.2. The Morgan fingerprint density at radius 1 is 0.893 bits per heavy atom. The van der Waals surface area contributed by atoms with Crippen molar-refractivity contribution in [1.82, 2.24) is 0 Å². The minimum absolute atomic E-state index is 0.0200. The van der Waals surface area contributed by atoms with Gasteiger partial charge in [0.1, 0.15) is 18.3 Å². The summed E-state index contributed by atoms with van der Waals surface area (Å²) in [4.78, 5) is 26.2. The van der Waals surface area contributed by atoms with E-state index in [0.29, 0.717) is 36.7 Å². The number of fused-ring (bicyclic) bond motifs is 3. The van der Waals surface area contributed by atoms with Crippen LogP contribution in [0, 0.1) is 73.4 Å². The summed E-state index contributed by atoms with van der Waals surface area (Å²) >= 11 is 0. The summed E-state index contributed by atoms with van der Waals surface area (Å²) in [6.07, 6.45) is 13.1. The zero-order valence-corrected chi connectivity index (χ0v) is 34.5. The van der Waals surface area contributed by atoms with Crippen LogP contribution in [-0.4, -0.2) is 88.0 Å². The Morgan fingerprint density at radius 2 is 1.62 bits per heavy atom. The minimum atomic E-state index is -1.76. The number of ether oxygens (including phenoxy) is 3. The van der Waals surface area contributed by atoms with Gasteiger partial charge in [-0.3, -0.25) is 4.79 Å². The maximum absolute atomic E-state index is 14.2. The van der Waals surface area contributed by atoms with Crippen molar-refractivity contribution in [2.24, 2.45) is 73.4 Å². The van der Waals surface area contributed by atoms with Crippen LogP contribution in [-0.2, 0) is 23.8 Å². The molecule has 8 aliphatic carbocycles. The normalized spacial score (nSPS) is 54.3. The predicted octanol–water partition coefficient (Wildman–Crippen LogP) is 6.75. The SMILES string of the molecule is COCC1CC2(C)CC=CC3(C2)C2=CC4CCC5CC(OC6OC(C(=O)O)C(O)C(O)C6O)C(C)(C)C6CCC(C)(C4C56C)C2(C2CCCC2)CCC13C(=O)O. The van der Waals surface area contributed by atoms with Crippen molar-refractivity contribution in [3.8, 4) is 0 Å². The summed E-state index contributed by atoms with van der Waals surface area (Å²) < 4.78 is 18.2. The number of rotatable bonds is 7. The molecule has 9 aliphatic rings. The smallest absolute Gasteiger partial charge is 0.335 e. The van der Waals surface area contributed by atoms with E-state index < -0.39 is 53.5 Å². The molecule has 2 bridgehead atoms. The molecule has 7 fully saturated rings. The van der Waals surface area contributed by atoms with E-state index in [1.165, 1.54) is 31.3 Å². The third-order valence-corrected chi connectivity index (χ3v) is 19.6. The molecule has 312 valence electrons. The molecule has 0 aromatic heterocycles. The number of carbonyl (C=O) groups is 2. The summed E-state index contributed by atoms with van der Waals surface area (Å²) in [5, 5.41) is 53.4. The summed E-state index contributed by atoms with van der Waals surface area (Å²) in [6.45, 7) is 12.7. The van der Waals surface area contributed by atoms with E-state index in [0.717, 1.165) is 57.8 Å². The molecule has 10 heteroatoms. The highest BCUT2D eigenvalue weighted by atomic mass is 16.7. The van der Waals surface area contributed by atoms with Gasteiger partial charge in [-0.15, -0.1) is 0 Å². The molecule has 1 heterocycles. The molecule has 10 nitrogen and oxygen atoms in total. The van der Waals surface area contributed by atoms with Gasteiger partial charge < -0.3 is 39.7 Å². The molecule has 0 amide bonds. The molecule has 9 rings (SSSR count). The summed E-state index contributed by atoms with van der Waals surface area (Å²) in [5.74, 6) is -0.223. The van der Waals surface area contributed by atoms with E-state index in [-0.39, 0.29) is 45.0 Å².